The number of carbonyl (C=O) groups is 3. The van der Waals surface area contributed by atoms with Gasteiger partial charge in [-0.25, -0.2) is 4.79 Å². The van der Waals surface area contributed by atoms with E-state index >= 15 is 0 Å². The number of benzene rings is 2. The molecule has 5 rings (SSSR count). The highest BCUT2D eigenvalue weighted by molar-refractivity contribution is 6.09. The Labute approximate surface area is 185 Å². The number of hydrogen-bond acceptors (Lipinski definition) is 5. The molecule has 2 atom stereocenters. The first-order valence-electron chi connectivity index (χ1n) is 10.9. The van der Waals surface area contributed by atoms with E-state index in [1.54, 1.807) is 13.0 Å². The van der Waals surface area contributed by atoms with Gasteiger partial charge in [0, 0.05) is 0 Å². The molecule has 2 unspecified atom stereocenters. The number of rotatable bonds is 5. The molecule has 0 radical (unpaired) electrons. The SMILES string of the molecule is CC1(c2ccc3c(c2)CCC3)NC(=O)N(CC(=O)NCC2COc3ccccc3O2)C1=O. The van der Waals surface area contributed by atoms with Crippen LogP contribution in [0.15, 0.2) is 42.5 Å². The fourth-order valence-corrected chi connectivity index (χ4v) is 4.51. The van der Waals surface area contributed by atoms with Gasteiger partial charge in [-0.15, -0.1) is 0 Å². The molecule has 1 saturated heterocycles. The molecule has 2 aliphatic heterocycles. The van der Waals surface area contributed by atoms with Crippen LogP contribution in [0.4, 0.5) is 4.79 Å². The van der Waals surface area contributed by atoms with Crippen molar-refractivity contribution < 1.29 is 23.9 Å². The minimum Gasteiger partial charge on any atom is -0.486 e. The molecule has 0 aromatic heterocycles. The predicted molar refractivity (Wildman–Crippen MR) is 115 cm³/mol. The Morgan fingerprint density at radius 2 is 1.94 bits per heavy atom. The number of urea groups is 1. The van der Waals surface area contributed by atoms with Crippen molar-refractivity contribution in [2.45, 2.75) is 37.8 Å². The fourth-order valence-electron chi connectivity index (χ4n) is 4.51. The molecule has 8 nitrogen and oxygen atoms in total. The van der Waals surface area contributed by atoms with Crippen molar-refractivity contribution in [3.63, 3.8) is 0 Å². The monoisotopic (exact) mass is 435 g/mol. The Hall–Kier alpha value is -3.55. The first kappa shape index (κ1) is 20.4. The topological polar surface area (TPSA) is 97.0 Å². The van der Waals surface area contributed by atoms with Gasteiger partial charge in [-0.3, -0.25) is 14.5 Å². The van der Waals surface area contributed by atoms with Gasteiger partial charge in [0.1, 0.15) is 24.8 Å². The molecule has 2 heterocycles. The molecular formula is C24H25N3O5. The van der Waals surface area contributed by atoms with Crippen molar-refractivity contribution in [2.24, 2.45) is 0 Å². The molecule has 166 valence electrons. The number of imide groups is 1. The molecule has 1 fully saturated rings. The molecule has 32 heavy (non-hydrogen) atoms. The molecule has 2 aromatic rings. The number of nitrogens with zero attached hydrogens (tertiary/aromatic N) is 1. The van der Waals surface area contributed by atoms with E-state index in [1.807, 2.05) is 36.4 Å². The maximum Gasteiger partial charge on any atom is 0.325 e. The van der Waals surface area contributed by atoms with Crippen LogP contribution in [0.25, 0.3) is 0 Å². The summed E-state index contributed by atoms with van der Waals surface area (Å²) in [5.41, 5.74) is 2.07. The number of carbonyl (C=O) groups excluding carboxylic acids is 3. The second-order valence-corrected chi connectivity index (χ2v) is 8.59. The van der Waals surface area contributed by atoms with E-state index in [-0.39, 0.29) is 19.2 Å². The molecule has 2 N–H and O–H groups in total. The van der Waals surface area contributed by atoms with Crippen LogP contribution >= 0.6 is 0 Å². The van der Waals surface area contributed by atoms with Gasteiger partial charge in [0.15, 0.2) is 11.5 Å². The Bertz CT molecular complexity index is 1100. The van der Waals surface area contributed by atoms with Crippen LogP contribution in [0.5, 0.6) is 11.5 Å². The van der Waals surface area contributed by atoms with Crippen LogP contribution in [-0.4, -0.2) is 48.5 Å². The van der Waals surface area contributed by atoms with Crippen LogP contribution in [0.1, 0.15) is 30.0 Å². The molecule has 0 bridgehead atoms. The molecule has 4 amide bonds. The first-order chi connectivity index (χ1) is 15.4. The maximum atomic E-state index is 13.1. The summed E-state index contributed by atoms with van der Waals surface area (Å²) in [4.78, 5) is 39.2. The molecular weight excluding hydrogens is 410 g/mol. The summed E-state index contributed by atoms with van der Waals surface area (Å²) in [6.07, 6.45) is 2.77. The van der Waals surface area contributed by atoms with Crippen molar-refractivity contribution in [3.8, 4) is 11.5 Å². The number of amides is 4. The van der Waals surface area contributed by atoms with E-state index in [0.29, 0.717) is 18.1 Å². The van der Waals surface area contributed by atoms with E-state index < -0.39 is 23.4 Å². The standard InChI is InChI=1S/C24H25N3O5/c1-24(17-10-9-15-5-4-6-16(15)11-17)22(29)27(23(30)26-24)13-21(28)25-12-18-14-31-19-7-2-3-8-20(19)32-18/h2-3,7-11,18H,4-6,12-14H2,1H3,(H,25,28)(H,26,30). The van der Waals surface area contributed by atoms with Crippen LogP contribution in [0.2, 0.25) is 0 Å². The van der Waals surface area contributed by atoms with Gasteiger partial charge in [0.25, 0.3) is 5.91 Å². The lowest BCUT2D eigenvalue weighted by molar-refractivity contribution is -0.134. The van der Waals surface area contributed by atoms with E-state index in [1.165, 1.54) is 11.1 Å². The van der Waals surface area contributed by atoms with E-state index in [4.69, 9.17) is 9.47 Å². The van der Waals surface area contributed by atoms with Gasteiger partial charge in [0.05, 0.1) is 6.54 Å². The maximum absolute atomic E-state index is 13.1. The van der Waals surface area contributed by atoms with Crippen LogP contribution in [-0.2, 0) is 28.0 Å². The zero-order valence-electron chi connectivity index (χ0n) is 17.8. The summed E-state index contributed by atoms with van der Waals surface area (Å²) in [6.45, 7) is 1.84. The highest BCUT2D eigenvalue weighted by Gasteiger charge is 2.49. The molecule has 3 aliphatic rings. The van der Waals surface area contributed by atoms with Gasteiger partial charge >= 0.3 is 6.03 Å². The Morgan fingerprint density at radius 3 is 2.78 bits per heavy atom. The third-order valence-electron chi connectivity index (χ3n) is 6.35. The number of hydrogen-bond donors (Lipinski definition) is 2. The number of para-hydroxylation sites is 2. The zero-order chi connectivity index (χ0) is 22.3. The minimum atomic E-state index is -1.18. The average Bonchev–Trinajstić information content (AvgIpc) is 3.36. The van der Waals surface area contributed by atoms with Crippen molar-refractivity contribution in [1.29, 1.82) is 0 Å². The number of nitrogens with one attached hydrogen (secondary N) is 2. The highest BCUT2D eigenvalue weighted by atomic mass is 16.6. The normalized spacial score (nSPS) is 23.7. The van der Waals surface area contributed by atoms with E-state index in [9.17, 15) is 14.4 Å². The Morgan fingerprint density at radius 1 is 1.16 bits per heavy atom. The van der Waals surface area contributed by atoms with Crippen molar-refractivity contribution in [3.05, 3.63) is 59.2 Å². The van der Waals surface area contributed by atoms with Crippen molar-refractivity contribution in [1.82, 2.24) is 15.5 Å². The van der Waals surface area contributed by atoms with Gasteiger partial charge in [0.2, 0.25) is 5.91 Å². The number of fused-ring (bicyclic) bond motifs is 2. The summed E-state index contributed by atoms with van der Waals surface area (Å²) >= 11 is 0. The van der Waals surface area contributed by atoms with Gasteiger partial charge in [-0.05, 0) is 55.0 Å². The Kier molecular flexibility index (Phi) is 5.00. The minimum absolute atomic E-state index is 0.207. The number of ether oxygens (including phenoxy) is 2. The molecule has 0 spiro atoms. The molecule has 2 aromatic carbocycles. The second-order valence-electron chi connectivity index (χ2n) is 8.59. The molecule has 0 saturated carbocycles. The van der Waals surface area contributed by atoms with Crippen LogP contribution in [0, 0.1) is 0 Å². The first-order valence-corrected chi connectivity index (χ1v) is 10.9. The lowest BCUT2D eigenvalue weighted by Gasteiger charge is -2.26. The van der Waals surface area contributed by atoms with E-state index in [2.05, 4.69) is 10.6 Å². The van der Waals surface area contributed by atoms with Crippen molar-refractivity contribution >= 4 is 17.8 Å². The summed E-state index contributed by atoms with van der Waals surface area (Å²) in [5, 5.41) is 5.51. The number of aryl methyl sites for hydroxylation is 2. The average molecular weight is 435 g/mol. The summed E-state index contributed by atoms with van der Waals surface area (Å²) in [5.74, 6) is 0.424. The highest BCUT2D eigenvalue weighted by Crippen LogP contribution is 2.33. The molecule has 1 aliphatic carbocycles. The van der Waals surface area contributed by atoms with Crippen LogP contribution < -0.4 is 20.1 Å². The third kappa shape index (κ3) is 3.55. The smallest absolute Gasteiger partial charge is 0.325 e. The third-order valence-corrected chi connectivity index (χ3v) is 6.35. The van der Waals surface area contributed by atoms with Gasteiger partial charge < -0.3 is 20.1 Å². The van der Waals surface area contributed by atoms with Crippen LogP contribution in [0.3, 0.4) is 0 Å². The fraction of sp³-hybridized carbons (Fsp3) is 0.375. The largest absolute Gasteiger partial charge is 0.486 e. The predicted octanol–water partition coefficient (Wildman–Crippen LogP) is 1.90. The Balaban J connectivity index is 1.21. The lowest BCUT2D eigenvalue weighted by atomic mass is 9.89. The quantitative estimate of drug-likeness (QED) is 0.700. The molecule has 8 heteroatoms. The summed E-state index contributed by atoms with van der Waals surface area (Å²) in [7, 11) is 0. The second kappa shape index (κ2) is 7.85. The summed E-state index contributed by atoms with van der Waals surface area (Å²) < 4.78 is 11.5. The zero-order valence-corrected chi connectivity index (χ0v) is 17.8. The lowest BCUT2D eigenvalue weighted by Crippen LogP contribution is -2.46. The van der Waals surface area contributed by atoms with Gasteiger partial charge in [-0.1, -0.05) is 30.3 Å². The van der Waals surface area contributed by atoms with Gasteiger partial charge in [-0.2, -0.15) is 0 Å². The van der Waals surface area contributed by atoms with E-state index in [0.717, 1.165) is 29.7 Å². The summed E-state index contributed by atoms with van der Waals surface area (Å²) in [6, 6.07) is 12.7. The van der Waals surface area contributed by atoms with Crippen molar-refractivity contribution in [2.75, 3.05) is 19.7 Å².